The topological polar surface area (TPSA) is 72.8 Å². The van der Waals surface area contributed by atoms with E-state index >= 15 is 0 Å². The molecule has 0 heterocycles. The fraction of sp³-hybridized carbons (Fsp3) is 0.538. The monoisotopic (exact) mass is 256 g/mol. The van der Waals surface area contributed by atoms with E-state index in [1.54, 1.807) is 13.8 Å². The van der Waals surface area contributed by atoms with Gasteiger partial charge in [-0.05, 0) is 0 Å². The van der Waals surface area contributed by atoms with E-state index in [1.165, 1.54) is 0 Å². The SMILES string of the molecule is C=CC(=O)OCC(C)(C)COC(=O)C(=C)CCO. The molecule has 0 spiro atoms. The number of aliphatic hydroxyl groups is 1. The van der Waals surface area contributed by atoms with Crippen LogP contribution < -0.4 is 0 Å². The van der Waals surface area contributed by atoms with Crippen LogP contribution in [0.4, 0.5) is 0 Å². The van der Waals surface area contributed by atoms with Crippen LogP contribution in [0.2, 0.25) is 0 Å². The Morgan fingerprint density at radius 2 is 1.83 bits per heavy atom. The second kappa shape index (κ2) is 7.66. The van der Waals surface area contributed by atoms with Crippen LogP contribution in [0.1, 0.15) is 20.3 Å². The van der Waals surface area contributed by atoms with Crippen molar-refractivity contribution < 1.29 is 24.2 Å². The largest absolute Gasteiger partial charge is 0.462 e. The van der Waals surface area contributed by atoms with E-state index in [9.17, 15) is 9.59 Å². The third kappa shape index (κ3) is 6.85. The molecule has 0 fully saturated rings. The highest BCUT2D eigenvalue weighted by molar-refractivity contribution is 5.87. The van der Waals surface area contributed by atoms with Crippen molar-refractivity contribution in [1.29, 1.82) is 0 Å². The quantitative estimate of drug-likeness (QED) is 0.522. The summed E-state index contributed by atoms with van der Waals surface area (Å²) in [4.78, 5) is 22.3. The van der Waals surface area contributed by atoms with Crippen molar-refractivity contribution in [3.63, 3.8) is 0 Å². The van der Waals surface area contributed by atoms with Crippen molar-refractivity contribution in [1.82, 2.24) is 0 Å². The summed E-state index contributed by atoms with van der Waals surface area (Å²) in [6.45, 7) is 10.5. The van der Waals surface area contributed by atoms with E-state index in [4.69, 9.17) is 14.6 Å². The fourth-order valence-corrected chi connectivity index (χ4v) is 0.967. The standard InChI is InChI=1S/C13H20O5/c1-5-11(15)17-8-13(3,4)9-18-12(16)10(2)6-7-14/h5,14H,1-2,6-9H2,3-4H3. The zero-order valence-electron chi connectivity index (χ0n) is 10.9. The lowest BCUT2D eigenvalue weighted by Gasteiger charge is -2.23. The van der Waals surface area contributed by atoms with Crippen LogP contribution in [-0.2, 0) is 19.1 Å². The summed E-state index contributed by atoms with van der Waals surface area (Å²) in [5.41, 5.74) is -0.273. The van der Waals surface area contributed by atoms with E-state index in [0.29, 0.717) is 0 Å². The van der Waals surface area contributed by atoms with Gasteiger partial charge in [-0.3, -0.25) is 0 Å². The number of hydrogen-bond donors (Lipinski definition) is 1. The Hall–Kier alpha value is -1.62. The van der Waals surface area contributed by atoms with Crippen molar-refractivity contribution in [2.75, 3.05) is 19.8 Å². The van der Waals surface area contributed by atoms with E-state index < -0.39 is 17.4 Å². The summed E-state index contributed by atoms with van der Waals surface area (Å²) in [6.07, 6.45) is 1.26. The summed E-state index contributed by atoms with van der Waals surface area (Å²) >= 11 is 0. The Morgan fingerprint density at radius 1 is 1.28 bits per heavy atom. The second-order valence-electron chi connectivity index (χ2n) is 4.63. The minimum Gasteiger partial charge on any atom is -0.462 e. The molecular weight excluding hydrogens is 236 g/mol. The van der Waals surface area contributed by atoms with Crippen LogP contribution in [0.3, 0.4) is 0 Å². The van der Waals surface area contributed by atoms with Crippen LogP contribution in [0.5, 0.6) is 0 Å². The van der Waals surface area contributed by atoms with Gasteiger partial charge in [-0.1, -0.05) is 27.0 Å². The fourth-order valence-electron chi connectivity index (χ4n) is 0.967. The highest BCUT2D eigenvalue weighted by Crippen LogP contribution is 2.17. The van der Waals surface area contributed by atoms with Crippen molar-refractivity contribution in [3.8, 4) is 0 Å². The average molecular weight is 256 g/mol. The number of ether oxygens (including phenoxy) is 2. The number of carbonyl (C=O) groups is 2. The molecule has 1 N–H and O–H groups in total. The summed E-state index contributed by atoms with van der Waals surface area (Å²) in [6, 6.07) is 0. The van der Waals surface area contributed by atoms with Crippen LogP contribution in [0, 0.1) is 5.41 Å². The Balaban J connectivity index is 4.09. The molecule has 0 aromatic carbocycles. The van der Waals surface area contributed by atoms with Crippen LogP contribution in [0.25, 0.3) is 0 Å². The first-order chi connectivity index (χ1) is 8.32. The van der Waals surface area contributed by atoms with E-state index in [-0.39, 0.29) is 31.8 Å². The number of esters is 2. The zero-order chi connectivity index (χ0) is 14.2. The Morgan fingerprint density at radius 3 is 2.33 bits per heavy atom. The van der Waals surface area contributed by atoms with E-state index in [2.05, 4.69) is 13.2 Å². The maximum atomic E-state index is 11.4. The third-order valence-corrected chi connectivity index (χ3v) is 2.07. The van der Waals surface area contributed by atoms with Crippen LogP contribution in [0.15, 0.2) is 24.8 Å². The maximum Gasteiger partial charge on any atom is 0.333 e. The molecule has 0 saturated heterocycles. The Kier molecular flexibility index (Phi) is 6.97. The summed E-state index contributed by atoms with van der Waals surface area (Å²) in [5.74, 6) is -1.06. The van der Waals surface area contributed by atoms with Gasteiger partial charge in [0.05, 0.1) is 13.2 Å². The highest BCUT2D eigenvalue weighted by atomic mass is 16.5. The van der Waals surface area contributed by atoms with Gasteiger partial charge in [0.15, 0.2) is 0 Å². The summed E-state index contributed by atoms with van der Waals surface area (Å²) in [7, 11) is 0. The molecule has 102 valence electrons. The van der Waals surface area contributed by atoms with Crippen LogP contribution >= 0.6 is 0 Å². The van der Waals surface area contributed by atoms with Gasteiger partial charge in [-0.25, -0.2) is 9.59 Å². The van der Waals surface area contributed by atoms with E-state index in [1.807, 2.05) is 0 Å². The molecule has 0 saturated carbocycles. The predicted octanol–water partition coefficient (Wildman–Crippen LogP) is 1.22. The molecule has 0 unspecified atom stereocenters. The molecule has 18 heavy (non-hydrogen) atoms. The normalized spacial score (nSPS) is 10.6. The first-order valence-electron chi connectivity index (χ1n) is 5.57. The lowest BCUT2D eigenvalue weighted by atomic mass is 9.96. The molecule has 0 atom stereocenters. The second-order valence-corrected chi connectivity index (χ2v) is 4.63. The van der Waals surface area contributed by atoms with Gasteiger partial charge in [0.25, 0.3) is 0 Å². The highest BCUT2D eigenvalue weighted by Gasteiger charge is 2.23. The number of rotatable bonds is 8. The zero-order valence-corrected chi connectivity index (χ0v) is 10.9. The van der Waals surface area contributed by atoms with Gasteiger partial charge in [0.2, 0.25) is 0 Å². The molecule has 0 aromatic heterocycles. The first-order valence-corrected chi connectivity index (χ1v) is 5.57. The van der Waals surface area contributed by atoms with Gasteiger partial charge in [0.1, 0.15) is 0 Å². The maximum absolute atomic E-state index is 11.4. The molecule has 0 amide bonds. The summed E-state index contributed by atoms with van der Waals surface area (Å²) < 4.78 is 9.91. The first kappa shape index (κ1) is 16.4. The van der Waals surface area contributed by atoms with Gasteiger partial charge >= 0.3 is 11.9 Å². The average Bonchev–Trinajstić information content (AvgIpc) is 2.33. The van der Waals surface area contributed by atoms with Crippen molar-refractivity contribution >= 4 is 11.9 Å². The molecule has 0 bridgehead atoms. The third-order valence-electron chi connectivity index (χ3n) is 2.07. The van der Waals surface area contributed by atoms with Crippen LogP contribution in [-0.4, -0.2) is 36.9 Å². The minimum atomic E-state index is -0.549. The van der Waals surface area contributed by atoms with Crippen molar-refractivity contribution in [2.24, 2.45) is 5.41 Å². The lowest BCUT2D eigenvalue weighted by molar-refractivity contribution is -0.147. The summed E-state index contributed by atoms with van der Waals surface area (Å²) in [5, 5.41) is 8.65. The molecule has 5 nitrogen and oxygen atoms in total. The number of hydrogen-bond acceptors (Lipinski definition) is 5. The van der Waals surface area contributed by atoms with Gasteiger partial charge in [-0.2, -0.15) is 0 Å². The minimum absolute atomic E-state index is 0.0979. The molecular formula is C13H20O5. The van der Waals surface area contributed by atoms with Crippen molar-refractivity contribution in [3.05, 3.63) is 24.8 Å². The predicted molar refractivity (Wildman–Crippen MR) is 66.7 cm³/mol. The number of carbonyl (C=O) groups excluding carboxylic acids is 2. The van der Waals surface area contributed by atoms with Gasteiger partial charge < -0.3 is 14.6 Å². The smallest absolute Gasteiger partial charge is 0.333 e. The molecule has 5 heteroatoms. The van der Waals surface area contributed by atoms with Gasteiger partial charge in [0, 0.05) is 30.1 Å². The van der Waals surface area contributed by atoms with Crippen molar-refractivity contribution in [2.45, 2.75) is 20.3 Å². The van der Waals surface area contributed by atoms with E-state index in [0.717, 1.165) is 6.08 Å². The Labute approximate surface area is 107 Å². The lowest BCUT2D eigenvalue weighted by Crippen LogP contribution is -2.28. The molecule has 0 aliphatic carbocycles. The molecule has 0 aliphatic rings. The molecule has 0 aromatic rings. The molecule has 0 aliphatic heterocycles. The molecule has 0 radical (unpaired) electrons. The molecule has 0 rings (SSSR count). The Bertz CT molecular complexity index is 330. The van der Waals surface area contributed by atoms with Gasteiger partial charge in [-0.15, -0.1) is 0 Å². The number of aliphatic hydroxyl groups excluding tert-OH is 1.